The highest BCUT2D eigenvalue weighted by Crippen LogP contribution is 2.19. The molecule has 1 fully saturated rings. The lowest BCUT2D eigenvalue weighted by Gasteiger charge is -2.26. The molecule has 3 heterocycles. The predicted molar refractivity (Wildman–Crippen MR) is 85.6 cm³/mol. The fraction of sp³-hybridized carbons (Fsp3) is 0.375. The standard InChI is InChI=1S/C16H18N4O4/c1-2-17-14(21)8-20-16(22)6-4-13(19-20)11-3-5-15(18-7-11)24-12-9-23-10-12/h3-7,12H,2,8-10H2,1H3,(H,17,21). The van der Waals surface area contributed by atoms with Crippen LogP contribution in [0.2, 0.25) is 0 Å². The number of nitrogens with one attached hydrogen (secondary N) is 1. The van der Waals surface area contributed by atoms with Gasteiger partial charge in [0.25, 0.3) is 5.56 Å². The van der Waals surface area contributed by atoms with Crippen molar-refractivity contribution in [3.63, 3.8) is 0 Å². The van der Waals surface area contributed by atoms with Crippen LogP contribution in [0.25, 0.3) is 11.3 Å². The molecular formula is C16H18N4O4. The predicted octanol–water partition coefficient (Wildman–Crippen LogP) is 0.219. The summed E-state index contributed by atoms with van der Waals surface area (Å²) >= 11 is 0. The van der Waals surface area contributed by atoms with Crippen LogP contribution in [-0.2, 0) is 16.1 Å². The number of carbonyl (C=O) groups excluding carboxylic acids is 1. The number of amides is 1. The summed E-state index contributed by atoms with van der Waals surface area (Å²) in [6.45, 7) is 3.36. The van der Waals surface area contributed by atoms with Crippen molar-refractivity contribution in [1.29, 1.82) is 0 Å². The molecule has 0 spiro atoms. The first-order valence-electron chi connectivity index (χ1n) is 7.71. The van der Waals surface area contributed by atoms with Gasteiger partial charge in [0, 0.05) is 30.4 Å². The minimum absolute atomic E-state index is 0.0560. The first-order chi connectivity index (χ1) is 11.7. The number of hydrogen-bond acceptors (Lipinski definition) is 6. The average molecular weight is 330 g/mol. The topological polar surface area (TPSA) is 95.3 Å². The van der Waals surface area contributed by atoms with E-state index in [1.807, 2.05) is 13.0 Å². The molecule has 1 aliphatic rings. The maximum absolute atomic E-state index is 11.8. The molecule has 1 saturated heterocycles. The van der Waals surface area contributed by atoms with Crippen LogP contribution in [0.1, 0.15) is 6.92 Å². The van der Waals surface area contributed by atoms with Crippen LogP contribution >= 0.6 is 0 Å². The molecule has 0 radical (unpaired) electrons. The third-order valence-corrected chi connectivity index (χ3v) is 3.46. The summed E-state index contributed by atoms with van der Waals surface area (Å²) < 4.78 is 11.8. The molecule has 0 aromatic carbocycles. The Morgan fingerprint density at radius 1 is 1.38 bits per heavy atom. The molecule has 3 rings (SSSR count). The van der Waals surface area contributed by atoms with Crippen LogP contribution in [0.3, 0.4) is 0 Å². The highest BCUT2D eigenvalue weighted by Gasteiger charge is 2.20. The summed E-state index contributed by atoms with van der Waals surface area (Å²) in [7, 11) is 0. The summed E-state index contributed by atoms with van der Waals surface area (Å²) in [6.07, 6.45) is 1.68. The molecule has 0 aliphatic carbocycles. The van der Waals surface area contributed by atoms with Crippen molar-refractivity contribution in [2.24, 2.45) is 0 Å². The molecule has 126 valence electrons. The van der Waals surface area contributed by atoms with Gasteiger partial charge in [-0.05, 0) is 19.1 Å². The smallest absolute Gasteiger partial charge is 0.267 e. The zero-order chi connectivity index (χ0) is 16.9. The van der Waals surface area contributed by atoms with Crippen molar-refractivity contribution in [3.05, 3.63) is 40.8 Å². The molecule has 0 saturated carbocycles. The molecule has 1 N–H and O–H groups in total. The molecule has 2 aromatic heterocycles. The van der Waals surface area contributed by atoms with E-state index in [4.69, 9.17) is 9.47 Å². The molecule has 0 bridgehead atoms. The fourth-order valence-electron chi connectivity index (χ4n) is 2.16. The van der Waals surface area contributed by atoms with Gasteiger partial charge in [-0.3, -0.25) is 9.59 Å². The highest BCUT2D eigenvalue weighted by atomic mass is 16.6. The van der Waals surface area contributed by atoms with Gasteiger partial charge in [0.1, 0.15) is 12.6 Å². The van der Waals surface area contributed by atoms with E-state index in [2.05, 4.69) is 15.4 Å². The number of hydrogen-bond donors (Lipinski definition) is 1. The summed E-state index contributed by atoms with van der Waals surface area (Å²) in [6, 6.07) is 6.55. The summed E-state index contributed by atoms with van der Waals surface area (Å²) in [5.74, 6) is 0.261. The summed E-state index contributed by atoms with van der Waals surface area (Å²) in [5, 5.41) is 6.86. The van der Waals surface area contributed by atoms with E-state index in [0.29, 0.717) is 31.3 Å². The normalized spacial score (nSPS) is 14.0. The minimum Gasteiger partial charge on any atom is -0.469 e. The van der Waals surface area contributed by atoms with E-state index < -0.39 is 0 Å². The Bertz CT molecular complexity index is 768. The SMILES string of the molecule is CCNC(=O)Cn1nc(-c2ccc(OC3COC3)nc2)ccc1=O. The first-order valence-corrected chi connectivity index (χ1v) is 7.71. The Hall–Kier alpha value is -2.74. The highest BCUT2D eigenvalue weighted by molar-refractivity contribution is 5.75. The number of pyridine rings is 1. The number of likely N-dealkylation sites (N-methyl/N-ethyl adjacent to an activating group) is 1. The zero-order valence-electron chi connectivity index (χ0n) is 13.3. The van der Waals surface area contributed by atoms with E-state index in [1.54, 1.807) is 18.3 Å². The van der Waals surface area contributed by atoms with Gasteiger partial charge < -0.3 is 14.8 Å². The van der Waals surface area contributed by atoms with Crippen molar-refractivity contribution in [2.75, 3.05) is 19.8 Å². The Labute approximate surface area is 138 Å². The lowest BCUT2D eigenvalue weighted by Crippen LogP contribution is -2.38. The Morgan fingerprint density at radius 3 is 2.83 bits per heavy atom. The Morgan fingerprint density at radius 2 is 2.21 bits per heavy atom. The average Bonchev–Trinajstić information content (AvgIpc) is 2.54. The van der Waals surface area contributed by atoms with Crippen LogP contribution in [0.5, 0.6) is 5.88 Å². The number of nitrogens with zero attached hydrogens (tertiary/aromatic N) is 3. The third-order valence-electron chi connectivity index (χ3n) is 3.46. The van der Waals surface area contributed by atoms with Crippen LogP contribution < -0.4 is 15.6 Å². The van der Waals surface area contributed by atoms with Crippen molar-refractivity contribution < 1.29 is 14.3 Å². The van der Waals surface area contributed by atoms with E-state index in [-0.39, 0.29) is 24.1 Å². The molecule has 0 unspecified atom stereocenters. The quantitative estimate of drug-likeness (QED) is 0.814. The van der Waals surface area contributed by atoms with E-state index in [9.17, 15) is 9.59 Å². The zero-order valence-corrected chi connectivity index (χ0v) is 13.3. The molecule has 1 amide bonds. The van der Waals surface area contributed by atoms with Gasteiger partial charge in [-0.2, -0.15) is 5.10 Å². The molecule has 1 aliphatic heterocycles. The molecule has 24 heavy (non-hydrogen) atoms. The Balaban J connectivity index is 1.76. The van der Waals surface area contributed by atoms with Crippen molar-refractivity contribution >= 4 is 5.91 Å². The molecule has 8 heteroatoms. The number of ether oxygens (including phenoxy) is 2. The molecular weight excluding hydrogens is 312 g/mol. The van der Waals surface area contributed by atoms with Gasteiger partial charge in [-0.1, -0.05) is 0 Å². The second kappa shape index (κ2) is 7.22. The lowest BCUT2D eigenvalue weighted by molar-refractivity contribution is -0.121. The van der Waals surface area contributed by atoms with Gasteiger partial charge in [-0.25, -0.2) is 9.67 Å². The fourth-order valence-corrected chi connectivity index (χ4v) is 2.16. The maximum Gasteiger partial charge on any atom is 0.267 e. The van der Waals surface area contributed by atoms with Crippen molar-refractivity contribution in [2.45, 2.75) is 19.6 Å². The lowest BCUT2D eigenvalue weighted by atomic mass is 10.2. The minimum atomic E-state index is -0.331. The van der Waals surface area contributed by atoms with Crippen LogP contribution in [0, 0.1) is 0 Å². The van der Waals surface area contributed by atoms with Gasteiger partial charge >= 0.3 is 0 Å². The second-order valence-electron chi connectivity index (χ2n) is 5.33. The largest absolute Gasteiger partial charge is 0.469 e. The molecule has 8 nitrogen and oxygen atoms in total. The van der Waals surface area contributed by atoms with Crippen LogP contribution in [-0.4, -0.2) is 46.5 Å². The van der Waals surface area contributed by atoms with Crippen LogP contribution in [0.4, 0.5) is 0 Å². The number of rotatable bonds is 6. The monoisotopic (exact) mass is 330 g/mol. The van der Waals surface area contributed by atoms with E-state index in [0.717, 1.165) is 10.2 Å². The molecule has 0 atom stereocenters. The van der Waals surface area contributed by atoms with E-state index in [1.165, 1.54) is 6.07 Å². The van der Waals surface area contributed by atoms with Gasteiger partial charge in [0.2, 0.25) is 11.8 Å². The van der Waals surface area contributed by atoms with Crippen molar-refractivity contribution in [1.82, 2.24) is 20.1 Å². The molecule has 2 aromatic rings. The van der Waals surface area contributed by atoms with Gasteiger partial charge in [-0.15, -0.1) is 0 Å². The van der Waals surface area contributed by atoms with Crippen molar-refractivity contribution in [3.8, 4) is 17.1 Å². The second-order valence-corrected chi connectivity index (χ2v) is 5.33. The van der Waals surface area contributed by atoms with Gasteiger partial charge in [0.15, 0.2) is 0 Å². The maximum atomic E-state index is 11.8. The third kappa shape index (κ3) is 3.77. The number of carbonyl (C=O) groups is 1. The summed E-state index contributed by atoms with van der Waals surface area (Å²) in [4.78, 5) is 27.7. The Kier molecular flexibility index (Phi) is 4.85. The van der Waals surface area contributed by atoms with E-state index >= 15 is 0 Å². The van der Waals surface area contributed by atoms with Crippen LogP contribution in [0.15, 0.2) is 35.3 Å². The summed E-state index contributed by atoms with van der Waals surface area (Å²) in [5.41, 5.74) is 0.963. The van der Waals surface area contributed by atoms with Gasteiger partial charge in [0.05, 0.1) is 18.9 Å². The first kappa shape index (κ1) is 16.1. The number of aromatic nitrogens is 3.